The number of carbonyl (C=O) groups is 2. The Bertz CT molecular complexity index is 154. The number of carbonyl (C=O) groups excluding carboxylic acids is 1. The molecule has 0 saturated carbocycles. The number of rotatable bonds is 3. The molecule has 1 atom stereocenters. The van der Waals surface area contributed by atoms with Crippen LogP contribution in [0.5, 0.6) is 0 Å². The number of carboxylic acids is 1. The van der Waals surface area contributed by atoms with Crippen molar-refractivity contribution in [1.29, 1.82) is 0 Å². The molecule has 61 valence electrons. The van der Waals surface area contributed by atoms with Crippen molar-refractivity contribution in [2.75, 3.05) is 0 Å². The molecule has 0 saturated heterocycles. The average molecular weight is 233 g/mol. The third kappa shape index (κ3) is 4.64. The Morgan fingerprint density at radius 2 is 1.55 bits per heavy atom. The van der Waals surface area contributed by atoms with Crippen molar-refractivity contribution in [3.05, 3.63) is 0 Å². The van der Waals surface area contributed by atoms with Crippen LogP contribution in [-0.2, 0) is 42.3 Å². The van der Waals surface area contributed by atoms with Gasteiger partial charge in [-0.3, -0.25) is 9.59 Å². The summed E-state index contributed by atoms with van der Waals surface area (Å²) in [6.45, 7) is 4.80. The van der Waals surface area contributed by atoms with Crippen molar-refractivity contribution >= 4 is 11.8 Å². The fraction of sp³-hybridized carbons (Fsp3) is 0.714. The Balaban J connectivity index is 0. The van der Waals surface area contributed by atoms with Crippen LogP contribution in [0.15, 0.2) is 0 Å². The molecule has 0 spiro atoms. The molecule has 0 aromatic heterocycles. The van der Waals surface area contributed by atoms with E-state index in [0.717, 1.165) is 0 Å². The normalized spacial score (nSPS) is 12.0. The molecule has 1 unspecified atom stereocenters. The van der Waals surface area contributed by atoms with Gasteiger partial charge in [0.25, 0.3) is 0 Å². The van der Waals surface area contributed by atoms with Gasteiger partial charge in [-0.05, 0) is 6.92 Å². The Hall–Kier alpha value is 0.244. The maximum atomic E-state index is 10.9. The number of ketones is 1. The first kappa shape index (κ1) is 13.8. The van der Waals surface area contributed by atoms with Gasteiger partial charge in [-0.2, -0.15) is 0 Å². The predicted octanol–water partition coefficient (Wildman–Crippen LogP) is 0.930. The predicted molar refractivity (Wildman–Crippen MR) is 36.6 cm³/mol. The molecule has 0 aliphatic carbocycles. The maximum absolute atomic E-state index is 10.9. The van der Waals surface area contributed by atoms with E-state index in [0.29, 0.717) is 0 Å². The Morgan fingerprint density at radius 3 is 1.64 bits per heavy atom. The first-order chi connectivity index (χ1) is 4.46. The molecule has 0 aromatic rings. The van der Waals surface area contributed by atoms with Gasteiger partial charge in [0.2, 0.25) is 0 Å². The van der Waals surface area contributed by atoms with Crippen LogP contribution < -0.4 is 0 Å². The minimum Gasteiger partial charge on any atom is -0.481 e. The topological polar surface area (TPSA) is 54.4 Å². The van der Waals surface area contributed by atoms with E-state index >= 15 is 0 Å². The van der Waals surface area contributed by atoms with E-state index in [1.165, 1.54) is 6.92 Å². The van der Waals surface area contributed by atoms with Crippen molar-refractivity contribution in [3.8, 4) is 0 Å². The van der Waals surface area contributed by atoms with Gasteiger partial charge in [0.15, 0.2) is 0 Å². The Morgan fingerprint density at radius 1 is 1.18 bits per heavy atom. The molecule has 0 aliphatic rings. The van der Waals surface area contributed by atoms with Crippen LogP contribution in [0.2, 0.25) is 0 Å². The fourth-order valence-corrected chi connectivity index (χ4v) is 0.622. The third-order valence-electron chi connectivity index (χ3n) is 1.37. The summed E-state index contributed by atoms with van der Waals surface area (Å²) in [4.78, 5) is 21.1. The second-order valence-electron chi connectivity index (χ2n) is 2.62. The molecule has 1 radical (unpaired) electrons. The van der Waals surface area contributed by atoms with Crippen molar-refractivity contribution in [2.24, 2.45) is 11.8 Å². The van der Waals surface area contributed by atoms with Crippen LogP contribution in [0, 0.1) is 11.8 Å². The quantitative estimate of drug-likeness (QED) is 0.737. The van der Waals surface area contributed by atoms with Crippen LogP contribution in [0.1, 0.15) is 20.8 Å². The minimum atomic E-state index is -1.04. The molecule has 0 heterocycles. The zero-order valence-corrected chi connectivity index (χ0v) is 9.83. The fourth-order valence-electron chi connectivity index (χ4n) is 0.622. The number of carboxylic acid groups (broad SMARTS) is 1. The Labute approximate surface area is 91.4 Å². The van der Waals surface area contributed by atoms with Gasteiger partial charge >= 0.3 is 5.97 Å². The first-order valence-electron chi connectivity index (χ1n) is 3.23. The van der Waals surface area contributed by atoms with Crippen molar-refractivity contribution < 1.29 is 47.4 Å². The summed E-state index contributed by atoms with van der Waals surface area (Å²) >= 11 is 0. The average Bonchev–Trinajstić information content (AvgIpc) is 1.84. The van der Waals surface area contributed by atoms with Gasteiger partial charge in [-0.1, -0.05) is 13.8 Å². The monoisotopic (exact) mass is 233 g/mol. The van der Waals surface area contributed by atoms with E-state index in [1.54, 1.807) is 13.8 Å². The summed E-state index contributed by atoms with van der Waals surface area (Å²) in [5.41, 5.74) is 0. The second kappa shape index (κ2) is 5.84. The summed E-state index contributed by atoms with van der Waals surface area (Å²) < 4.78 is 0. The van der Waals surface area contributed by atoms with Crippen LogP contribution in [-0.4, -0.2) is 16.9 Å². The molecular weight excluding hydrogens is 221 g/mol. The summed E-state index contributed by atoms with van der Waals surface area (Å²) in [6.07, 6.45) is 0. The van der Waals surface area contributed by atoms with E-state index in [9.17, 15) is 9.59 Å². The summed E-state index contributed by atoms with van der Waals surface area (Å²) in [6, 6.07) is 0. The molecule has 0 aliphatic heterocycles. The maximum Gasteiger partial charge on any atom is 0.313 e. The van der Waals surface area contributed by atoms with E-state index in [-0.39, 0.29) is 44.4 Å². The second-order valence-corrected chi connectivity index (χ2v) is 2.62. The van der Waals surface area contributed by atoms with Crippen LogP contribution >= 0.6 is 0 Å². The first-order valence-corrected chi connectivity index (χ1v) is 3.23. The summed E-state index contributed by atoms with van der Waals surface area (Å²) in [5.74, 6) is -2.31. The largest absolute Gasteiger partial charge is 0.481 e. The molecule has 11 heavy (non-hydrogen) atoms. The van der Waals surface area contributed by atoms with Gasteiger partial charge in [-0.15, -0.1) is 0 Å². The van der Waals surface area contributed by atoms with Crippen LogP contribution in [0.3, 0.4) is 0 Å². The number of hydrogen-bond acceptors (Lipinski definition) is 2. The third-order valence-corrected chi connectivity index (χ3v) is 1.37. The molecule has 0 aromatic carbocycles. The number of Topliss-reactive ketones (excluding diaryl/α,β-unsaturated/α-hetero) is 1. The van der Waals surface area contributed by atoms with E-state index in [4.69, 9.17) is 5.11 Å². The smallest absolute Gasteiger partial charge is 0.313 e. The van der Waals surface area contributed by atoms with E-state index < -0.39 is 11.9 Å². The molecular formula is C7H12O3Y. The van der Waals surface area contributed by atoms with Gasteiger partial charge in [0.05, 0.1) is 0 Å². The molecule has 0 fully saturated rings. The molecule has 0 amide bonds. The Kier molecular flexibility index (Phi) is 7.33. The standard InChI is InChI=1S/C7H12O3.Y/c1-4(2)6(8)5(3)7(9)10;/h4-5H,1-3H3,(H,9,10);. The SMILES string of the molecule is CC(C)C(=O)C(C)C(=O)O.[Y]. The molecule has 1 N–H and O–H groups in total. The van der Waals surface area contributed by atoms with Crippen molar-refractivity contribution in [2.45, 2.75) is 20.8 Å². The number of hydrogen-bond donors (Lipinski definition) is 1. The van der Waals surface area contributed by atoms with E-state index in [2.05, 4.69) is 0 Å². The zero-order chi connectivity index (χ0) is 8.31. The van der Waals surface area contributed by atoms with Gasteiger partial charge < -0.3 is 5.11 Å². The van der Waals surface area contributed by atoms with Crippen molar-refractivity contribution in [3.63, 3.8) is 0 Å². The molecule has 4 heteroatoms. The van der Waals surface area contributed by atoms with Crippen molar-refractivity contribution in [1.82, 2.24) is 0 Å². The molecule has 0 rings (SSSR count). The van der Waals surface area contributed by atoms with Crippen LogP contribution in [0.4, 0.5) is 0 Å². The zero-order valence-electron chi connectivity index (χ0n) is 7.00. The minimum absolute atomic E-state index is 0. The van der Waals surface area contributed by atoms with E-state index in [1.807, 2.05) is 0 Å². The number of aliphatic carboxylic acids is 1. The van der Waals surface area contributed by atoms with Gasteiger partial charge in [0.1, 0.15) is 11.7 Å². The van der Waals surface area contributed by atoms with Gasteiger partial charge in [-0.25, -0.2) is 0 Å². The molecule has 3 nitrogen and oxygen atoms in total. The van der Waals surface area contributed by atoms with Crippen LogP contribution in [0.25, 0.3) is 0 Å². The summed E-state index contributed by atoms with van der Waals surface area (Å²) in [7, 11) is 0. The summed E-state index contributed by atoms with van der Waals surface area (Å²) in [5, 5.41) is 8.38. The molecule has 0 bridgehead atoms. The van der Waals surface area contributed by atoms with Gasteiger partial charge in [0, 0.05) is 38.6 Å².